The van der Waals surface area contributed by atoms with E-state index in [1.807, 2.05) is 6.92 Å². The molecule has 2 rings (SSSR count). The number of rotatable bonds is 4. The highest BCUT2D eigenvalue weighted by Gasteiger charge is 2.18. The van der Waals surface area contributed by atoms with E-state index in [1.165, 1.54) is 12.1 Å². The number of phenols is 1. The van der Waals surface area contributed by atoms with Crippen molar-refractivity contribution in [3.63, 3.8) is 0 Å². The summed E-state index contributed by atoms with van der Waals surface area (Å²) in [4.78, 5) is -0.328. The highest BCUT2D eigenvalue weighted by atomic mass is 32.2. The van der Waals surface area contributed by atoms with Crippen LogP contribution in [0.5, 0.6) is 5.75 Å². The van der Waals surface area contributed by atoms with Crippen molar-refractivity contribution >= 4 is 25.7 Å². The van der Waals surface area contributed by atoms with Gasteiger partial charge in [-0.25, -0.2) is 22.0 Å². The minimum atomic E-state index is -4.01. The predicted molar refractivity (Wildman–Crippen MR) is 81.5 cm³/mol. The second-order valence-electron chi connectivity index (χ2n) is 4.64. The van der Waals surface area contributed by atoms with Crippen LogP contribution in [-0.2, 0) is 20.0 Å². The zero-order valence-corrected chi connectivity index (χ0v) is 13.1. The zero-order valence-electron chi connectivity index (χ0n) is 11.5. The molecule has 0 saturated heterocycles. The lowest BCUT2D eigenvalue weighted by Crippen LogP contribution is -2.15. The monoisotopic (exact) mass is 342 g/mol. The van der Waals surface area contributed by atoms with Crippen molar-refractivity contribution in [3.8, 4) is 5.75 Å². The maximum Gasteiger partial charge on any atom is 0.262 e. The van der Waals surface area contributed by atoms with Crippen LogP contribution in [0.3, 0.4) is 0 Å². The molecular weight excluding hydrogens is 328 g/mol. The average Bonchev–Trinajstić information content (AvgIpc) is 2.40. The first kappa shape index (κ1) is 16.3. The van der Waals surface area contributed by atoms with E-state index in [0.717, 1.165) is 23.8 Å². The SMILES string of the molecule is Cc1ccc(S(=O)(=O)Nc2cc(S(N)(=O)=O)ccc2O)cc1. The minimum Gasteiger partial charge on any atom is -0.506 e. The molecule has 22 heavy (non-hydrogen) atoms. The molecule has 0 bridgehead atoms. The van der Waals surface area contributed by atoms with Gasteiger partial charge in [-0.3, -0.25) is 4.72 Å². The molecule has 0 aliphatic carbocycles. The first-order valence-electron chi connectivity index (χ1n) is 6.05. The summed E-state index contributed by atoms with van der Waals surface area (Å²) in [5.41, 5.74) is 0.616. The summed E-state index contributed by atoms with van der Waals surface area (Å²) in [7, 11) is -7.97. The van der Waals surface area contributed by atoms with Crippen LogP contribution in [0.4, 0.5) is 5.69 Å². The van der Waals surface area contributed by atoms with Crippen LogP contribution in [0.2, 0.25) is 0 Å². The van der Waals surface area contributed by atoms with Crippen LogP contribution in [0.25, 0.3) is 0 Å². The summed E-state index contributed by atoms with van der Waals surface area (Å²) in [6.07, 6.45) is 0. The largest absolute Gasteiger partial charge is 0.506 e. The minimum absolute atomic E-state index is 0.0153. The molecule has 0 spiro atoms. The maximum absolute atomic E-state index is 12.2. The quantitative estimate of drug-likeness (QED) is 0.718. The predicted octanol–water partition coefficient (Wildman–Crippen LogP) is 1.15. The molecule has 2 aromatic carbocycles. The number of anilines is 1. The molecule has 0 heterocycles. The van der Waals surface area contributed by atoms with Gasteiger partial charge in [0.1, 0.15) is 5.75 Å². The molecule has 0 atom stereocenters. The Labute approximate surface area is 128 Å². The van der Waals surface area contributed by atoms with Crippen molar-refractivity contribution in [3.05, 3.63) is 48.0 Å². The van der Waals surface area contributed by atoms with Gasteiger partial charge in [-0.15, -0.1) is 0 Å². The molecule has 0 aromatic heterocycles. The topological polar surface area (TPSA) is 127 Å². The number of primary sulfonamides is 1. The summed E-state index contributed by atoms with van der Waals surface area (Å²) >= 11 is 0. The van der Waals surface area contributed by atoms with E-state index in [1.54, 1.807) is 12.1 Å². The standard InChI is InChI=1S/C13H14N2O5S2/c1-9-2-4-10(5-3-9)22(19,20)15-12-8-11(21(14,17)18)6-7-13(12)16/h2-8,15-16H,1H3,(H2,14,17,18). The Hall–Kier alpha value is -2.10. The Kier molecular flexibility index (Phi) is 4.14. The van der Waals surface area contributed by atoms with E-state index in [9.17, 15) is 21.9 Å². The van der Waals surface area contributed by atoms with Gasteiger partial charge in [-0.2, -0.15) is 0 Å². The van der Waals surface area contributed by atoms with E-state index in [2.05, 4.69) is 4.72 Å². The Morgan fingerprint density at radius 2 is 1.50 bits per heavy atom. The van der Waals surface area contributed by atoms with Gasteiger partial charge in [0.15, 0.2) is 0 Å². The third kappa shape index (κ3) is 3.56. The third-order valence-electron chi connectivity index (χ3n) is 2.87. The van der Waals surface area contributed by atoms with Crippen molar-refractivity contribution in [1.82, 2.24) is 0 Å². The van der Waals surface area contributed by atoms with E-state index in [0.29, 0.717) is 0 Å². The first-order chi connectivity index (χ1) is 10.1. The lowest BCUT2D eigenvalue weighted by molar-refractivity contribution is 0.477. The highest BCUT2D eigenvalue weighted by molar-refractivity contribution is 7.92. The van der Waals surface area contributed by atoms with E-state index in [4.69, 9.17) is 5.14 Å². The third-order valence-corrected chi connectivity index (χ3v) is 5.16. The maximum atomic E-state index is 12.2. The number of hydrogen-bond donors (Lipinski definition) is 3. The van der Waals surface area contributed by atoms with Crippen LogP contribution >= 0.6 is 0 Å². The molecule has 118 valence electrons. The number of aromatic hydroxyl groups is 1. The van der Waals surface area contributed by atoms with Gasteiger partial charge in [-0.05, 0) is 37.3 Å². The van der Waals surface area contributed by atoms with Crippen LogP contribution < -0.4 is 9.86 Å². The molecule has 4 N–H and O–H groups in total. The fourth-order valence-electron chi connectivity index (χ4n) is 1.69. The number of nitrogens with one attached hydrogen (secondary N) is 1. The van der Waals surface area contributed by atoms with Crippen molar-refractivity contribution in [1.29, 1.82) is 0 Å². The molecule has 0 unspecified atom stereocenters. The van der Waals surface area contributed by atoms with Gasteiger partial charge >= 0.3 is 0 Å². The van der Waals surface area contributed by atoms with Gasteiger partial charge in [0.25, 0.3) is 10.0 Å². The summed E-state index contributed by atoms with van der Waals surface area (Å²) in [5.74, 6) is -0.414. The lowest BCUT2D eigenvalue weighted by Gasteiger charge is -2.11. The van der Waals surface area contributed by atoms with Crippen LogP contribution in [0.1, 0.15) is 5.56 Å². The summed E-state index contributed by atoms with van der Waals surface area (Å²) in [6, 6.07) is 9.12. The summed E-state index contributed by atoms with van der Waals surface area (Å²) in [5, 5.41) is 14.7. The van der Waals surface area contributed by atoms with Crippen molar-refractivity contribution in [2.75, 3.05) is 4.72 Å². The van der Waals surface area contributed by atoms with Gasteiger partial charge in [0, 0.05) is 0 Å². The molecule has 0 saturated carbocycles. The Morgan fingerprint density at radius 3 is 2.05 bits per heavy atom. The van der Waals surface area contributed by atoms with Gasteiger partial charge in [-0.1, -0.05) is 17.7 Å². The van der Waals surface area contributed by atoms with Crippen LogP contribution in [-0.4, -0.2) is 21.9 Å². The Bertz CT molecular complexity index is 904. The number of aryl methyl sites for hydroxylation is 1. The number of hydrogen-bond acceptors (Lipinski definition) is 5. The van der Waals surface area contributed by atoms with Gasteiger partial charge in [0.05, 0.1) is 15.5 Å². The Morgan fingerprint density at radius 1 is 0.955 bits per heavy atom. The fourth-order valence-corrected chi connectivity index (χ4v) is 3.30. The zero-order chi connectivity index (χ0) is 16.5. The second-order valence-corrected chi connectivity index (χ2v) is 7.89. The van der Waals surface area contributed by atoms with E-state index in [-0.39, 0.29) is 15.5 Å². The number of benzene rings is 2. The first-order valence-corrected chi connectivity index (χ1v) is 9.08. The molecule has 2 aromatic rings. The van der Waals surface area contributed by atoms with E-state index >= 15 is 0 Å². The van der Waals surface area contributed by atoms with Crippen LogP contribution in [0.15, 0.2) is 52.3 Å². The van der Waals surface area contributed by atoms with Gasteiger partial charge in [0.2, 0.25) is 10.0 Å². The fraction of sp³-hybridized carbons (Fsp3) is 0.0769. The summed E-state index contributed by atoms with van der Waals surface area (Å²) in [6.45, 7) is 1.81. The second kappa shape index (κ2) is 5.59. The van der Waals surface area contributed by atoms with Gasteiger partial charge < -0.3 is 5.11 Å². The van der Waals surface area contributed by atoms with Crippen molar-refractivity contribution in [2.45, 2.75) is 16.7 Å². The van der Waals surface area contributed by atoms with Crippen LogP contribution in [0, 0.1) is 6.92 Å². The number of phenolic OH excluding ortho intramolecular Hbond substituents is 1. The normalized spacial score (nSPS) is 12.1. The van der Waals surface area contributed by atoms with E-state index < -0.39 is 25.8 Å². The summed E-state index contributed by atoms with van der Waals surface area (Å²) < 4.78 is 49.2. The highest BCUT2D eigenvalue weighted by Crippen LogP contribution is 2.28. The molecule has 9 heteroatoms. The average molecular weight is 342 g/mol. The van der Waals surface area contributed by atoms with Crippen molar-refractivity contribution in [2.24, 2.45) is 5.14 Å². The lowest BCUT2D eigenvalue weighted by atomic mass is 10.2. The number of nitrogens with two attached hydrogens (primary N) is 1. The molecule has 0 aliphatic rings. The Balaban J connectivity index is 2.43. The molecule has 0 radical (unpaired) electrons. The molecule has 0 aliphatic heterocycles. The van der Waals surface area contributed by atoms with Crippen molar-refractivity contribution < 1.29 is 21.9 Å². The molecule has 0 fully saturated rings. The smallest absolute Gasteiger partial charge is 0.262 e. The number of sulfonamides is 2. The molecular formula is C13H14N2O5S2. The molecule has 0 amide bonds. The molecule has 7 nitrogen and oxygen atoms in total.